The average Bonchev–Trinajstić information content (AvgIpc) is 2.41. The lowest BCUT2D eigenvalue weighted by atomic mass is 10.0. The van der Waals surface area contributed by atoms with Crippen molar-refractivity contribution in [3.63, 3.8) is 0 Å². The Bertz CT molecular complexity index is 587. The number of hydrogen-bond donors (Lipinski definition) is 1. The third kappa shape index (κ3) is 2.24. The number of nitrogens with zero attached hydrogens (tertiary/aromatic N) is 1. The van der Waals surface area contributed by atoms with Crippen LogP contribution < -0.4 is 5.73 Å². The fourth-order valence-corrected chi connectivity index (χ4v) is 2.52. The fraction of sp³-hybridized carbons (Fsp3) is 0.250. The van der Waals surface area contributed by atoms with Crippen molar-refractivity contribution in [1.82, 2.24) is 4.90 Å². The van der Waals surface area contributed by atoms with E-state index >= 15 is 0 Å². The molecule has 0 fully saturated rings. The van der Waals surface area contributed by atoms with Crippen LogP contribution in [-0.2, 0) is 6.54 Å². The topological polar surface area (TPSA) is 29.3 Å². The Morgan fingerprint density at radius 3 is 2.56 bits per heavy atom. The number of nitrogens with two attached hydrogens (primary N) is 1. The molecule has 1 aliphatic rings. The molecular weight excluding hydrogens is 220 g/mol. The van der Waals surface area contributed by atoms with Crippen molar-refractivity contribution in [2.24, 2.45) is 0 Å². The van der Waals surface area contributed by atoms with Crippen molar-refractivity contribution in [3.8, 4) is 0 Å². The standard InChI is InChI=1S/C16H18N2/c17-16-11-14-7-3-2-6-13(14)10-15(16)12-18-8-4-1-5-9-18/h1-4,6-7,10-11H,5,8-9,12,17H2. The van der Waals surface area contributed by atoms with Gasteiger partial charge in [0.1, 0.15) is 0 Å². The highest BCUT2D eigenvalue weighted by Gasteiger charge is 2.09. The van der Waals surface area contributed by atoms with E-state index in [1.165, 1.54) is 16.3 Å². The van der Waals surface area contributed by atoms with E-state index in [1.54, 1.807) is 0 Å². The van der Waals surface area contributed by atoms with E-state index in [2.05, 4.69) is 53.5 Å². The molecule has 0 aromatic heterocycles. The van der Waals surface area contributed by atoms with Gasteiger partial charge in [0.05, 0.1) is 0 Å². The maximum Gasteiger partial charge on any atom is 0.0366 e. The number of fused-ring (bicyclic) bond motifs is 1. The quantitative estimate of drug-likeness (QED) is 0.643. The Kier molecular flexibility index (Phi) is 3.03. The predicted octanol–water partition coefficient (Wildman–Crippen LogP) is 3.18. The molecule has 2 N–H and O–H groups in total. The van der Waals surface area contributed by atoms with Crippen molar-refractivity contribution >= 4 is 16.5 Å². The Hall–Kier alpha value is -1.80. The zero-order valence-corrected chi connectivity index (χ0v) is 10.5. The molecule has 0 spiro atoms. The van der Waals surface area contributed by atoms with E-state index in [-0.39, 0.29) is 0 Å². The van der Waals surface area contributed by atoms with Crippen molar-refractivity contribution in [1.29, 1.82) is 0 Å². The number of benzene rings is 2. The smallest absolute Gasteiger partial charge is 0.0366 e. The summed E-state index contributed by atoms with van der Waals surface area (Å²) in [5, 5.41) is 2.49. The van der Waals surface area contributed by atoms with Gasteiger partial charge in [0.15, 0.2) is 0 Å². The van der Waals surface area contributed by atoms with Gasteiger partial charge in [0.2, 0.25) is 0 Å². The van der Waals surface area contributed by atoms with E-state index < -0.39 is 0 Å². The van der Waals surface area contributed by atoms with Crippen LogP contribution in [0.25, 0.3) is 10.8 Å². The van der Waals surface area contributed by atoms with Crippen LogP contribution in [0.15, 0.2) is 48.6 Å². The summed E-state index contributed by atoms with van der Waals surface area (Å²) < 4.78 is 0. The highest BCUT2D eigenvalue weighted by molar-refractivity contribution is 5.86. The number of rotatable bonds is 2. The van der Waals surface area contributed by atoms with Gasteiger partial charge in [-0.2, -0.15) is 0 Å². The van der Waals surface area contributed by atoms with Gasteiger partial charge in [0.25, 0.3) is 0 Å². The van der Waals surface area contributed by atoms with Crippen LogP contribution in [0.5, 0.6) is 0 Å². The Morgan fingerprint density at radius 1 is 1.06 bits per heavy atom. The monoisotopic (exact) mass is 238 g/mol. The van der Waals surface area contributed by atoms with Gasteiger partial charge in [0, 0.05) is 25.3 Å². The van der Waals surface area contributed by atoms with Gasteiger partial charge >= 0.3 is 0 Å². The largest absolute Gasteiger partial charge is 0.398 e. The molecule has 1 aliphatic heterocycles. The molecular formula is C16H18N2. The summed E-state index contributed by atoms with van der Waals surface area (Å²) >= 11 is 0. The molecule has 1 heterocycles. The molecule has 0 amide bonds. The fourth-order valence-electron chi connectivity index (χ4n) is 2.52. The van der Waals surface area contributed by atoms with Gasteiger partial charge < -0.3 is 5.73 Å². The van der Waals surface area contributed by atoms with Gasteiger partial charge in [-0.05, 0) is 34.9 Å². The van der Waals surface area contributed by atoms with Crippen LogP contribution in [0.1, 0.15) is 12.0 Å². The molecule has 2 nitrogen and oxygen atoms in total. The second-order valence-electron chi connectivity index (χ2n) is 4.89. The summed E-state index contributed by atoms with van der Waals surface area (Å²) in [7, 11) is 0. The Labute approximate surface area is 108 Å². The molecule has 0 radical (unpaired) electrons. The summed E-state index contributed by atoms with van der Waals surface area (Å²) in [6.45, 7) is 3.11. The first-order valence-corrected chi connectivity index (χ1v) is 6.47. The number of nitrogen functional groups attached to an aromatic ring is 1. The van der Waals surface area contributed by atoms with Crippen molar-refractivity contribution < 1.29 is 0 Å². The van der Waals surface area contributed by atoms with Gasteiger partial charge in [-0.15, -0.1) is 0 Å². The van der Waals surface area contributed by atoms with Crippen molar-refractivity contribution in [2.45, 2.75) is 13.0 Å². The van der Waals surface area contributed by atoms with Crippen LogP contribution in [0, 0.1) is 0 Å². The lowest BCUT2D eigenvalue weighted by molar-refractivity contribution is 0.291. The molecule has 0 saturated heterocycles. The first-order chi connectivity index (χ1) is 8.83. The van der Waals surface area contributed by atoms with E-state index in [9.17, 15) is 0 Å². The molecule has 0 bridgehead atoms. The third-order valence-electron chi connectivity index (χ3n) is 3.54. The highest BCUT2D eigenvalue weighted by Crippen LogP contribution is 2.23. The average molecular weight is 238 g/mol. The highest BCUT2D eigenvalue weighted by atomic mass is 15.1. The molecule has 0 atom stereocenters. The minimum Gasteiger partial charge on any atom is -0.398 e. The Morgan fingerprint density at radius 2 is 1.83 bits per heavy atom. The summed E-state index contributed by atoms with van der Waals surface area (Å²) in [5.74, 6) is 0. The maximum absolute atomic E-state index is 6.16. The maximum atomic E-state index is 6.16. The zero-order valence-electron chi connectivity index (χ0n) is 10.5. The molecule has 3 rings (SSSR count). The number of anilines is 1. The molecule has 92 valence electrons. The van der Waals surface area contributed by atoms with Crippen LogP contribution in [0.4, 0.5) is 5.69 Å². The van der Waals surface area contributed by atoms with Crippen LogP contribution >= 0.6 is 0 Å². The zero-order chi connectivity index (χ0) is 12.4. The van der Waals surface area contributed by atoms with Gasteiger partial charge in [-0.3, -0.25) is 4.90 Å². The van der Waals surface area contributed by atoms with Crippen LogP contribution in [-0.4, -0.2) is 18.0 Å². The predicted molar refractivity (Wildman–Crippen MR) is 77.4 cm³/mol. The molecule has 0 saturated carbocycles. The van der Waals surface area contributed by atoms with Crippen molar-refractivity contribution in [3.05, 3.63) is 54.1 Å². The second-order valence-corrected chi connectivity index (χ2v) is 4.89. The van der Waals surface area contributed by atoms with Crippen LogP contribution in [0.3, 0.4) is 0 Å². The first kappa shape index (κ1) is 11.3. The molecule has 2 heteroatoms. The SMILES string of the molecule is Nc1cc2ccccc2cc1CN1CC=CCC1. The normalized spacial score (nSPS) is 16.2. The van der Waals surface area contributed by atoms with E-state index in [0.717, 1.165) is 31.7 Å². The second kappa shape index (κ2) is 4.83. The molecule has 18 heavy (non-hydrogen) atoms. The lowest BCUT2D eigenvalue weighted by Gasteiger charge is -2.23. The van der Waals surface area contributed by atoms with Crippen LogP contribution in [0.2, 0.25) is 0 Å². The lowest BCUT2D eigenvalue weighted by Crippen LogP contribution is -2.27. The van der Waals surface area contributed by atoms with Gasteiger partial charge in [-0.25, -0.2) is 0 Å². The third-order valence-corrected chi connectivity index (χ3v) is 3.54. The van der Waals surface area contributed by atoms with E-state index in [1.807, 2.05) is 0 Å². The summed E-state index contributed by atoms with van der Waals surface area (Å²) in [5.41, 5.74) is 8.30. The molecule has 0 aliphatic carbocycles. The number of hydrogen-bond acceptors (Lipinski definition) is 2. The summed E-state index contributed by atoms with van der Waals surface area (Å²) in [4.78, 5) is 2.43. The molecule has 0 unspecified atom stereocenters. The van der Waals surface area contributed by atoms with E-state index in [0.29, 0.717) is 0 Å². The molecule has 2 aromatic carbocycles. The molecule has 2 aromatic rings. The first-order valence-electron chi connectivity index (χ1n) is 6.47. The Balaban J connectivity index is 1.91. The van der Waals surface area contributed by atoms with Crippen molar-refractivity contribution in [2.75, 3.05) is 18.8 Å². The van der Waals surface area contributed by atoms with E-state index in [4.69, 9.17) is 5.73 Å². The minimum absolute atomic E-state index is 0.906. The van der Waals surface area contributed by atoms with Gasteiger partial charge in [-0.1, -0.05) is 36.4 Å². The summed E-state index contributed by atoms with van der Waals surface area (Å²) in [6.07, 6.45) is 5.63. The summed E-state index contributed by atoms with van der Waals surface area (Å²) in [6, 6.07) is 12.7. The minimum atomic E-state index is 0.906.